The Morgan fingerprint density at radius 1 is 1.35 bits per heavy atom. The molecule has 0 radical (unpaired) electrons. The van der Waals surface area contributed by atoms with E-state index in [1.807, 2.05) is 17.8 Å². The summed E-state index contributed by atoms with van der Waals surface area (Å²) in [6.07, 6.45) is 2.94. The van der Waals surface area contributed by atoms with Crippen molar-refractivity contribution in [2.24, 2.45) is 0 Å². The first-order valence-corrected chi connectivity index (χ1v) is 7.15. The fourth-order valence-electron chi connectivity index (χ4n) is 2.03. The summed E-state index contributed by atoms with van der Waals surface area (Å²) >= 11 is 5.76. The molecular weight excluding hydrogens is 277 g/mol. The van der Waals surface area contributed by atoms with E-state index in [9.17, 15) is 4.39 Å². The van der Waals surface area contributed by atoms with Crippen LogP contribution in [0.1, 0.15) is 30.2 Å². The molecule has 1 heterocycles. The van der Waals surface area contributed by atoms with Crippen molar-refractivity contribution >= 4 is 11.6 Å². The molecule has 0 aliphatic rings. The van der Waals surface area contributed by atoms with E-state index in [1.165, 1.54) is 6.07 Å². The van der Waals surface area contributed by atoms with Crippen molar-refractivity contribution in [1.82, 2.24) is 15.1 Å². The minimum atomic E-state index is -0.293. The average molecular weight is 296 g/mol. The van der Waals surface area contributed by atoms with Crippen molar-refractivity contribution in [3.05, 3.63) is 52.1 Å². The van der Waals surface area contributed by atoms with Crippen LogP contribution in [0.5, 0.6) is 0 Å². The summed E-state index contributed by atoms with van der Waals surface area (Å²) in [5.74, 6) is -0.293. The van der Waals surface area contributed by atoms with Gasteiger partial charge in [0.1, 0.15) is 5.82 Å². The average Bonchev–Trinajstić information content (AvgIpc) is 2.75. The minimum absolute atomic E-state index is 0.293. The summed E-state index contributed by atoms with van der Waals surface area (Å²) in [5, 5.41) is 8.08. The number of hydrogen-bond acceptors (Lipinski definition) is 2. The molecule has 3 nitrogen and oxygen atoms in total. The number of halogens is 2. The fourth-order valence-corrected chi connectivity index (χ4v) is 2.19. The summed E-state index contributed by atoms with van der Waals surface area (Å²) in [5.41, 5.74) is 2.80. The van der Waals surface area contributed by atoms with Gasteiger partial charge in [-0.3, -0.25) is 4.68 Å². The van der Waals surface area contributed by atoms with Gasteiger partial charge >= 0.3 is 0 Å². The van der Waals surface area contributed by atoms with E-state index < -0.39 is 0 Å². The van der Waals surface area contributed by atoms with Crippen LogP contribution < -0.4 is 5.32 Å². The maximum Gasteiger partial charge on any atom is 0.129 e. The SMILES string of the molecule is CCCNCc1cnn(Cc2ccc(Cl)cc2F)c1C. The highest BCUT2D eigenvalue weighted by Gasteiger charge is 2.09. The number of benzene rings is 1. The topological polar surface area (TPSA) is 29.9 Å². The van der Waals surface area contributed by atoms with Gasteiger partial charge in [-0.1, -0.05) is 24.6 Å². The summed E-state index contributed by atoms with van der Waals surface area (Å²) in [6.45, 7) is 6.33. The zero-order chi connectivity index (χ0) is 14.5. The molecule has 1 N–H and O–H groups in total. The molecule has 0 saturated heterocycles. The van der Waals surface area contributed by atoms with E-state index in [1.54, 1.807) is 12.1 Å². The number of nitrogens with one attached hydrogen (secondary N) is 1. The van der Waals surface area contributed by atoms with Gasteiger partial charge in [0.2, 0.25) is 0 Å². The molecule has 0 amide bonds. The molecule has 0 aliphatic heterocycles. The Labute approximate surface area is 123 Å². The predicted molar refractivity (Wildman–Crippen MR) is 79.5 cm³/mol. The van der Waals surface area contributed by atoms with Crippen molar-refractivity contribution in [3.63, 3.8) is 0 Å². The van der Waals surface area contributed by atoms with Gasteiger partial charge in [-0.15, -0.1) is 0 Å². The van der Waals surface area contributed by atoms with E-state index in [0.29, 0.717) is 17.1 Å². The molecule has 20 heavy (non-hydrogen) atoms. The van der Waals surface area contributed by atoms with Gasteiger partial charge in [-0.05, 0) is 32.0 Å². The molecule has 5 heteroatoms. The molecule has 0 unspecified atom stereocenters. The van der Waals surface area contributed by atoms with Crippen LogP contribution in [0.3, 0.4) is 0 Å². The van der Waals surface area contributed by atoms with Crippen molar-refractivity contribution < 1.29 is 4.39 Å². The third-order valence-electron chi connectivity index (χ3n) is 3.28. The van der Waals surface area contributed by atoms with Gasteiger partial charge in [0.15, 0.2) is 0 Å². The van der Waals surface area contributed by atoms with E-state index in [0.717, 1.165) is 30.8 Å². The number of aromatic nitrogens is 2. The van der Waals surface area contributed by atoms with Crippen LogP contribution in [0.15, 0.2) is 24.4 Å². The zero-order valence-electron chi connectivity index (χ0n) is 11.8. The van der Waals surface area contributed by atoms with Crippen molar-refractivity contribution in [2.75, 3.05) is 6.54 Å². The quantitative estimate of drug-likeness (QED) is 0.826. The summed E-state index contributed by atoms with van der Waals surface area (Å²) in [4.78, 5) is 0. The molecule has 1 aromatic heterocycles. The molecule has 0 saturated carbocycles. The van der Waals surface area contributed by atoms with Gasteiger partial charge in [0.05, 0.1) is 12.7 Å². The van der Waals surface area contributed by atoms with Crippen LogP contribution in [0, 0.1) is 12.7 Å². The number of nitrogens with zero attached hydrogens (tertiary/aromatic N) is 2. The molecular formula is C15H19ClFN3. The van der Waals surface area contributed by atoms with Crippen LogP contribution in [-0.2, 0) is 13.1 Å². The standard InChI is InChI=1S/C15H19ClFN3/c1-3-6-18-8-13-9-19-20(11(13)2)10-12-4-5-14(16)7-15(12)17/h4-5,7,9,18H,3,6,8,10H2,1-2H3. The lowest BCUT2D eigenvalue weighted by atomic mass is 10.2. The smallest absolute Gasteiger partial charge is 0.129 e. The van der Waals surface area contributed by atoms with Crippen molar-refractivity contribution in [2.45, 2.75) is 33.4 Å². The van der Waals surface area contributed by atoms with Gasteiger partial charge in [0.25, 0.3) is 0 Å². The first-order valence-electron chi connectivity index (χ1n) is 6.77. The van der Waals surface area contributed by atoms with E-state index in [4.69, 9.17) is 11.6 Å². The highest BCUT2D eigenvalue weighted by molar-refractivity contribution is 6.30. The van der Waals surface area contributed by atoms with Gasteiger partial charge in [-0.2, -0.15) is 5.10 Å². The second-order valence-electron chi connectivity index (χ2n) is 4.83. The van der Waals surface area contributed by atoms with Crippen LogP contribution in [0.2, 0.25) is 5.02 Å². The second kappa shape index (κ2) is 6.86. The molecule has 1 aromatic carbocycles. The first-order chi connectivity index (χ1) is 9.61. The highest BCUT2D eigenvalue weighted by atomic mass is 35.5. The number of hydrogen-bond donors (Lipinski definition) is 1. The van der Waals surface area contributed by atoms with Crippen LogP contribution in [0.25, 0.3) is 0 Å². The molecule has 0 aliphatic carbocycles. The summed E-state index contributed by atoms with van der Waals surface area (Å²) in [7, 11) is 0. The molecule has 108 valence electrons. The highest BCUT2D eigenvalue weighted by Crippen LogP contribution is 2.17. The third-order valence-corrected chi connectivity index (χ3v) is 3.52. The van der Waals surface area contributed by atoms with Crippen LogP contribution in [0.4, 0.5) is 4.39 Å². The number of rotatable bonds is 6. The minimum Gasteiger partial charge on any atom is -0.313 e. The van der Waals surface area contributed by atoms with Crippen LogP contribution >= 0.6 is 11.6 Å². The largest absolute Gasteiger partial charge is 0.313 e. The molecule has 0 atom stereocenters. The predicted octanol–water partition coefficient (Wildman–Crippen LogP) is 3.53. The molecule has 2 aromatic rings. The molecule has 0 spiro atoms. The lowest BCUT2D eigenvalue weighted by Crippen LogP contribution is -2.14. The summed E-state index contributed by atoms with van der Waals surface area (Å²) < 4.78 is 15.6. The Bertz CT molecular complexity index is 580. The van der Waals surface area contributed by atoms with Crippen molar-refractivity contribution in [3.8, 4) is 0 Å². The van der Waals surface area contributed by atoms with E-state index in [-0.39, 0.29) is 5.82 Å². The van der Waals surface area contributed by atoms with Crippen LogP contribution in [-0.4, -0.2) is 16.3 Å². The van der Waals surface area contributed by atoms with Gasteiger partial charge < -0.3 is 5.32 Å². The first kappa shape index (κ1) is 15.0. The molecule has 0 bridgehead atoms. The Morgan fingerprint density at radius 3 is 2.85 bits per heavy atom. The monoisotopic (exact) mass is 295 g/mol. The Balaban J connectivity index is 2.10. The Hall–Kier alpha value is -1.39. The second-order valence-corrected chi connectivity index (χ2v) is 5.26. The van der Waals surface area contributed by atoms with Crippen molar-refractivity contribution in [1.29, 1.82) is 0 Å². The van der Waals surface area contributed by atoms with Gasteiger partial charge in [-0.25, -0.2) is 4.39 Å². The molecule has 2 rings (SSSR count). The zero-order valence-corrected chi connectivity index (χ0v) is 12.5. The Kier molecular flexibility index (Phi) is 5.15. The lowest BCUT2D eigenvalue weighted by molar-refractivity contribution is 0.579. The maximum atomic E-state index is 13.8. The third kappa shape index (κ3) is 3.58. The van der Waals surface area contributed by atoms with Gasteiger partial charge in [0, 0.05) is 28.4 Å². The lowest BCUT2D eigenvalue weighted by Gasteiger charge is -2.08. The molecule has 0 fully saturated rings. The fraction of sp³-hybridized carbons (Fsp3) is 0.400. The normalized spacial score (nSPS) is 11.0. The summed E-state index contributed by atoms with van der Waals surface area (Å²) in [6, 6.07) is 4.73. The Morgan fingerprint density at radius 2 is 2.15 bits per heavy atom. The van der Waals surface area contributed by atoms with E-state index in [2.05, 4.69) is 17.3 Å². The maximum absolute atomic E-state index is 13.8. The van der Waals surface area contributed by atoms with E-state index >= 15 is 0 Å².